The third kappa shape index (κ3) is 3.98. The highest BCUT2D eigenvalue weighted by molar-refractivity contribution is 5.85. The zero-order chi connectivity index (χ0) is 10.7. The van der Waals surface area contributed by atoms with E-state index in [-0.39, 0.29) is 36.8 Å². The van der Waals surface area contributed by atoms with Gasteiger partial charge in [0.05, 0.1) is 7.11 Å². The summed E-state index contributed by atoms with van der Waals surface area (Å²) in [6, 6.07) is 0.607. The van der Waals surface area contributed by atoms with E-state index >= 15 is 0 Å². The fourth-order valence-corrected chi connectivity index (χ4v) is 2.75. The van der Waals surface area contributed by atoms with Gasteiger partial charge < -0.3 is 10.1 Å². The first-order valence-corrected chi connectivity index (χ1v) is 5.87. The van der Waals surface area contributed by atoms with Gasteiger partial charge in [0.15, 0.2) is 0 Å². The van der Waals surface area contributed by atoms with Gasteiger partial charge in [-0.25, -0.2) is 0 Å². The van der Waals surface area contributed by atoms with E-state index in [0.717, 1.165) is 45.3 Å². The zero-order valence-corrected chi connectivity index (χ0v) is 11.8. The van der Waals surface area contributed by atoms with Gasteiger partial charge in [0.25, 0.3) is 0 Å². The van der Waals surface area contributed by atoms with E-state index in [1.54, 1.807) is 0 Å². The summed E-state index contributed by atoms with van der Waals surface area (Å²) >= 11 is 0. The molecule has 17 heavy (non-hydrogen) atoms. The molecule has 2 rings (SSSR count). The minimum absolute atomic E-state index is 0. The number of piperidine rings is 1. The number of hydrogen-bond donors (Lipinski definition) is 1. The number of nitrogens with zero attached hydrogens (tertiary/aromatic N) is 1. The number of esters is 1. The van der Waals surface area contributed by atoms with Crippen LogP contribution in [0.15, 0.2) is 0 Å². The molecule has 2 saturated heterocycles. The maximum Gasteiger partial charge on any atom is 0.323 e. The molecule has 0 saturated carbocycles. The molecule has 0 radical (unpaired) electrons. The molecule has 0 aliphatic carbocycles. The van der Waals surface area contributed by atoms with Crippen LogP contribution in [-0.2, 0) is 9.53 Å². The predicted molar refractivity (Wildman–Crippen MR) is 72.1 cm³/mol. The van der Waals surface area contributed by atoms with Gasteiger partial charge >= 0.3 is 5.97 Å². The first kappa shape index (κ1) is 17.0. The summed E-state index contributed by atoms with van der Waals surface area (Å²) in [4.78, 5) is 13.9. The van der Waals surface area contributed by atoms with Gasteiger partial charge in [-0.2, -0.15) is 0 Å². The highest BCUT2D eigenvalue weighted by atomic mass is 35.5. The third-order valence-electron chi connectivity index (χ3n) is 3.55. The minimum Gasteiger partial charge on any atom is -0.468 e. The SMILES string of the molecule is COC(=O)[C@H]1CCCN1C1CCNCC1.Cl.Cl. The standard InChI is InChI=1S/C11H20N2O2.2ClH/c1-15-11(14)10-3-2-8-13(10)9-4-6-12-7-5-9;;/h9-10,12H,2-8H2,1H3;2*1H/t10-;;/m1../s1. The lowest BCUT2D eigenvalue weighted by Gasteiger charge is -2.34. The molecule has 4 nitrogen and oxygen atoms in total. The molecule has 0 amide bonds. The Morgan fingerprint density at radius 1 is 1.24 bits per heavy atom. The second kappa shape index (κ2) is 8.14. The normalized spacial score (nSPS) is 25.8. The summed E-state index contributed by atoms with van der Waals surface area (Å²) in [6.07, 6.45) is 4.42. The van der Waals surface area contributed by atoms with Crippen LogP contribution in [0.5, 0.6) is 0 Å². The summed E-state index contributed by atoms with van der Waals surface area (Å²) in [6.45, 7) is 3.22. The van der Waals surface area contributed by atoms with E-state index < -0.39 is 0 Å². The van der Waals surface area contributed by atoms with E-state index in [0.29, 0.717) is 6.04 Å². The molecular weight excluding hydrogens is 263 g/mol. The van der Waals surface area contributed by atoms with Crippen LogP contribution < -0.4 is 5.32 Å². The highest BCUT2D eigenvalue weighted by Gasteiger charge is 2.36. The summed E-state index contributed by atoms with van der Waals surface area (Å²) in [5, 5.41) is 3.35. The zero-order valence-electron chi connectivity index (χ0n) is 10.2. The molecule has 0 aromatic carbocycles. The van der Waals surface area contributed by atoms with Crippen LogP contribution >= 0.6 is 24.8 Å². The fraction of sp³-hybridized carbons (Fsp3) is 0.909. The van der Waals surface area contributed by atoms with E-state index in [1.807, 2.05) is 0 Å². The first-order chi connectivity index (χ1) is 7.33. The molecule has 1 N–H and O–H groups in total. The van der Waals surface area contributed by atoms with Gasteiger partial charge in [-0.1, -0.05) is 0 Å². The molecule has 0 aromatic heterocycles. The van der Waals surface area contributed by atoms with Crippen molar-refractivity contribution in [3.63, 3.8) is 0 Å². The Bertz CT molecular complexity index is 236. The Morgan fingerprint density at radius 3 is 2.47 bits per heavy atom. The summed E-state index contributed by atoms with van der Waals surface area (Å²) in [5.74, 6) is -0.0500. The summed E-state index contributed by atoms with van der Waals surface area (Å²) in [5.41, 5.74) is 0. The van der Waals surface area contributed by atoms with Crippen LogP contribution in [0, 0.1) is 0 Å². The van der Waals surface area contributed by atoms with E-state index in [4.69, 9.17) is 4.74 Å². The van der Waals surface area contributed by atoms with E-state index in [1.165, 1.54) is 7.11 Å². The summed E-state index contributed by atoms with van der Waals surface area (Å²) < 4.78 is 4.86. The predicted octanol–water partition coefficient (Wildman–Crippen LogP) is 1.22. The van der Waals surface area contributed by atoms with Crippen molar-refractivity contribution in [2.75, 3.05) is 26.7 Å². The second-order valence-corrected chi connectivity index (χ2v) is 4.40. The number of carbonyl (C=O) groups is 1. The van der Waals surface area contributed by atoms with Gasteiger partial charge in [-0.15, -0.1) is 24.8 Å². The van der Waals surface area contributed by atoms with Crippen molar-refractivity contribution >= 4 is 30.8 Å². The van der Waals surface area contributed by atoms with Gasteiger partial charge in [0.1, 0.15) is 6.04 Å². The quantitative estimate of drug-likeness (QED) is 0.775. The molecule has 0 bridgehead atoms. The third-order valence-corrected chi connectivity index (χ3v) is 3.55. The molecule has 102 valence electrons. The van der Waals surface area contributed by atoms with Gasteiger partial charge in [-0.05, 0) is 45.3 Å². The molecule has 2 heterocycles. The monoisotopic (exact) mass is 284 g/mol. The topological polar surface area (TPSA) is 41.6 Å². The molecule has 2 aliphatic rings. The fourth-order valence-electron chi connectivity index (χ4n) is 2.75. The first-order valence-electron chi connectivity index (χ1n) is 5.87. The molecule has 0 aromatic rings. The van der Waals surface area contributed by atoms with Crippen LogP contribution in [0.2, 0.25) is 0 Å². The van der Waals surface area contributed by atoms with Crippen molar-refractivity contribution in [2.45, 2.75) is 37.8 Å². The Morgan fingerprint density at radius 2 is 1.88 bits per heavy atom. The van der Waals surface area contributed by atoms with Crippen molar-refractivity contribution < 1.29 is 9.53 Å². The Kier molecular flexibility index (Phi) is 8.12. The van der Waals surface area contributed by atoms with E-state index in [2.05, 4.69) is 10.2 Å². The van der Waals surface area contributed by atoms with Crippen molar-refractivity contribution in [1.82, 2.24) is 10.2 Å². The van der Waals surface area contributed by atoms with Crippen LogP contribution in [0.4, 0.5) is 0 Å². The lowest BCUT2D eigenvalue weighted by Crippen LogP contribution is -2.48. The molecular formula is C11H22Cl2N2O2. The number of hydrogen-bond acceptors (Lipinski definition) is 4. The number of likely N-dealkylation sites (tertiary alicyclic amines) is 1. The molecule has 2 aliphatic heterocycles. The number of ether oxygens (including phenoxy) is 1. The number of halogens is 2. The van der Waals surface area contributed by atoms with Gasteiger partial charge in [0, 0.05) is 6.04 Å². The lowest BCUT2D eigenvalue weighted by molar-refractivity contribution is -0.146. The largest absolute Gasteiger partial charge is 0.468 e. The minimum atomic E-state index is -0.0500. The Hall–Kier alpha value is -0.0300. The van der Waals surface area contributed by atoms with Gasteiger partial charge in [-0.3, -0.25) is 9.69 Å². The Balaban J connectivity index is 0.00000128. The Labute approximate surface area is 115 Å². The smallest absolute Gasteiger partial charge is 0.323 e. The van der Waals surface area contributed by atoms with Crippen LogP contribution in [0.1, 0.15) is 25.7 Å². The number of methoxy groups -OCH3 is 1. The number of carbonyl (C=O) groups excluding carboxylic acids is 1. The maximum atomic E-state index is 11.6. The van der Waals surface area contributed by atoms with Crippen LogP contribution in [0.25, 0.3) is 0 Å². The van der Waals surface area contributed by atoms with Crippen molar-refractivity contribution in [3.8, 4) is 0 Å². The molecule has 0 spiro atoms. The molecule has 6 heteroatoms. The van der Waals surface area contributed by atoms with Crippen LogP contribution in [0.3, 0.4) is 0 Å². The molecule has 0 unspecified atom stereocenters. The van der Waals surface area contributed by atoms with Crippen molar-refractivity contribution in [2.24, 2.45) is 0 Å². The highest BCUT2D eigenvalue weighted by Crippen LogP contribution is 2.24. The maximum absolute atomic E-state index is 11.6. The van der Waals surface area contributed by atoms with Crippen LogP contribution in [-0.4, -0.2) is 49.7 Å². The average Bonchev–Trinajstić information content (AvgIpc) is 2.78. The number of rotatable bonds is 2. The molecule has 2 fully saturated rings. The van der Waals surface area contributed by atoms with Gasteiger partial charge in [0.2, 0.25) is 0 Å². The second-order valence-electron chi connectivity index (χ2n) is 4.40. The average molecular weight is 285 g/mol. The molecule has 1 atom stereocenters. The van der Waals surface area contributed by atoms with E-state index in [9.17, 15) is 4.79 Å². The van der Waals surface area contributed by atoms with Crippen molar-refractivity contribution in [1.29, 1.82) is 0 Å². The number of nitrogens with one attached hydrogen (secondary N) is 1. The van der Waals surface area contributed by atoms with Crippen molar-refractivity contribution in [3.05, 3.63) is 0 Å². The summed E-state index contributed by atoms with van der Waals surface area (Å²) in [7, 11) is 1.49. The lowest BCUT2D eigenvalue weighted by atomic mass is 10.0.